The number of nitrogens with zero attached hydrogens (tertiary/aromatic N) is 2. The Morgan fingerprint density at radius 1 is 1.04 bits per heavy atom. The molecule has 6 heteroatoms. The van der Waals surface area contributed by atoms with Crippen LogP contribution in [0.1, 0.15) is 18.4 Å². The van der Waals surface area contributed by atoms with Crippen LogP contribution in [0.15, 0.2) is 46.9 Å². The molecule has 0 bridgehead atoms. The quantitative estimate of drug-likeness (QED) is 0.631. The molecule has 1 N–H and O–H groups in total. The van der Waals surface area contributed by atoms with Gasteiger partial charge in [0.25, 0.3) is 0 Å². The summed E-state index contributed by atoms with van der Waals surface area (Å²) in [7, 11) is 3.30. The highest BCUT2D eigenvalue weighted by atomic mass is 79.9. The number of aromatic nitrogens is 2. The average molecular weight is 428 g/mol. The molecule has 3 aromatic rings. The van der Waals surface area contributed by atoms with Gasteiger partial charge < -0.3 is 14.8 Å². The molecule has 0 amide bonds. The van der Waals surface area contributed by atoms with Crippen molar-refractivity contribution >= 4 is 21.7 Å². The van der Waals surface area contributed by atoms with E-state index in [-0.39, 0.29) is 0 Å². The second kappa shape index (κ2) is 7.64. The van der Waals surface area contributed by atoms with Crippen LogP contribution in [0.2, 0.25) is 0 Å². The first-order chi connectivity index (χ1) is 13.2. The van der Waals surface area contributed by atoms with Gasteiger partial charge >= 0.3 is 0 Å². The van der Waals surface area contributed by atoms with E-state index in [2.05, 4.69) is 33.4 Å². The van der Waals surface area contributed by atoms with Crippen molar-refractivity contribution in [1.29, 1.82) is 0 Å². The topological polar surface area (TPSA) is 48.3 Å². The van der Waals surface area contributed by atoms with Crippen LogP contribution in [-0.2, 0) is 6.42 Å². The Labute approximate surface area is 167 Å². The normalized spacial score (nSPS) is 13.4. The molecule has 5 nitrogen and oxygen atoms in total. The van der Waals surface area contributed by atoms with Gasteiger partial charge in [-0.25, -0.2) is 4.68 Å². The van der Waals surface area contributed by atoms with Crippen LogP contribution >= 0.6 is 15.9 Å². The second-order valence-electron chi connectivity index (χ2n) is 6.52. The van der Waals surface area contributed by atoms with E-state index in [1.807, 2.05) is 35.0 Å². The summed E-state index contributed by atoms with van der Waals surface area (Å²) in [6.07, 6.45) is 3.29. The molecular formula is C21H22BrN3O2. The summed E-state index contributed by atoms with van der Waals surface area (Å²) in [6, 6.07) is 14.2. The molecule has 0 unspecified atom stereocenters. The van der Waals surface area contributed by atoms with Crippen LogP contribution in [0.4, 0.5) is 5.82 Å². The Hall–Kier alpha value is -2.47. The molecule has 1 aliphatic rings. The zero-order valence-corrected chi connectivity index (χ0v) is 17.0. The summed E-state index contributed by atoms with van der Waals surface area (Å²) in [5.74, 6) is 2.51. The molecule has 27 heavy (non-hydrogen) atoms. The van der Waals surface area contributed by atoms with Crippen LogP contribution in [0.3, 0.4) is 0 Å². The number of nitrogens with one attached hydrogen (secondary N) is 1. The lowest BCUT2D eigenvalue weighted by Crippen LogP contribution is -2.07. The van der Waals surface area contributed by atoms with Crippen LogP contribution in [0.5, 0.6) is 11.5 Å². The van der Waals surface area contributed by atoms with Gasteiger partial charge in [-0.2, -0.15) is 5.10 Å². The lowest BCUT2D eigenvalue weighted by Gasteiger charge is -2.09. The first kappa shape index (κ1) is 17.9. The molecule has 0 fully saturated rings. The molecule has 1 aromatic heterocycles. The van der Waals surface area contributed by atoms with E-state index in [4.69, 9.17) is 14.6 Å². The van der Waals surface area contributed by atoms with Gasteiger partial charge in [0, 0.05) is 22.1 Å². The van der Waals surface area contributed by atoms with E-state index in [9.17, 15) is 0 Å². The summed E-state index contributed by atoms with van der Waals surface area (Å²) in [5.41, 5.74) is 4.29. The van der Waals surface area contributed by atoms with Crippen molar-refractivity contribution < 1.29 is 9.47 Å². The van der Waals surface area contributed by atoms with Crippen molar-refractivity contribution in [3.05, 3.63) is 52.5 Å². The monoisotopic (exact) mass is 427 g/mol. The smallest absolute Gasteiger partial charge is 0.161 e. The number of hydrogen-bond acceptors (Lipinski definition) is 4. The van der Waals surface area contributed by atoms with Crippen LogP contribution in [-0.4, -0.2) is 30.5 Å². The van der Waals surface area contributed by atoms with E-state index < -0.39 is 0 Å². The lowest BCUT2D eigenvalue weighted by molar-refractivity contribution is 0.355. The molecular weight excluding hydrogens is 406 g/mol. The fourth-order valence-corrected chi connectivity index (χ4v) is 3.90. The third kappa shape index (κ3) is 3.41. The van der Waals surface area contributed by atoms with Crippen molar-refractivity contribution in [2.24, 2.45) is 0 Å². The van der Waals surface area contributed by atoms with Gasteiger partial charge in [-0.15, -0.1) is 0 Å². The summed E-state index contributed by atoms with van der Waals surface area (Å²) in [6.45, 7) is 0.956. The standard InChI is InChI=1S/C21H22BrN3O2/c1-26-18-10-9-14(12-19(18)27-2)20-17-8-3-4-11-23-21(17)25(24-20)16-7-5-6-15(22)13-16/h5-7,9-10,12-13,23H,3-4,8,11H2,1-2H3. The minimum Gasteiger partial charge on any atom is -0.493 e. The van der Waals surface area contributed by atoms with Crippen LogP contribution < -0.4 is 14.8 Å². The highest BCUT2D eigenvalue weighted by Crippen LogP contribution is 2.37. The maximum Gasteiger partial charge on any atom is 0.161 e. The summed E-state index contributed by atoms with van der Waals surface area (Å²) in [4.78, 5) is 0. The maximum atomic E-state index is 5.49. The largest absolute Gasteiger partial charge is 0.493 e. The second-order valence-corrected chi connectivity index (χ2v) is 7.44. The molecule has 140 valence electrons. The van der Waals surface area contributed by atoms with E-state index in [0.29, 0.717) is 5.75 Å². The SMILES string of the molecule is COc1ccc(-c2nn(-c3cccc(Br)c3)c3c2CCCCN3)cc1OC. The number of halogens is 1. The molecule has 4 rings (SSSR count). The number of ether oxygens (including phenoxy) is 2. The maximum absolute atomic E-state index is 5.49. The van der Waals surface area contributed by atoms with Gasteiger partial charge in [0.1, 0.15) is 5.82 Å². The van der Waals surface area contributed by atoms with E-state index >= 15 is 0 Å². The van der Waals surface area contributed by atoms with Crippen molar-refractivity contribution in [2.45, 2.75) is 19.3 Å². The molecule has 0 saturated heterocycles. The Morgan fingerprint density at radius 3 is 2.67 bits per heavy atom. The Kier molecular flexibility index (Phi) is 5.07. The molecule has 0 atom stereocenters. The molecule has 0 spiro atoms. The highest BCUT2D eigenvalue weighted by molar-refractivity contribution is 9.10. The number of hydrogen-bond donors (Lipinski definition) is 1. The van der Waals surface area contributed by atoms with Gasteiger partial charge in [-0.1, -0.05) is 22.0 Å². The molecule has 0 radical (unpaired) electrons. The highest BCUT2D eigenvalue weighted by Gasteiger charge is 2.22. The predicted octanol–water partition coefficient (Wildman–Crippen LogP) is 5.07. The molecule has 0 saturated carbocycles. The Morgan fingerprint density at radius 2 is 1.89 bits per heavy atom. The lowest BCUT2D eigenvalue weighted by atomic mass is 10.0. The Bertz CT molecular complexity index is 968. The van der Waals surface area contributed by atoms with Gasteiger partial charge in [0.05, 0.1) is 25.6 Å². The van der Waals surface area contributed by atoms with E-state index in [0.717, 1.165) is 58.8 Å². The molecule has 1 aliphatic heterocycles. The van der Waals surface area contributed by atoms with Crippen molar-refractivity contribution in [3.8, 4) is 28.4 Å². The summed E-state index contributed by atoms with van der Waals surface area (Å²) >= 11 is 3.57. The average Bonchev–Trinajstić information content (AvgIpc) is 2.88. The van der Waals surface area contributed by atoms with Crippen molar-refractivity contribution in [3.63, 3.8) is 0 Å². The molecule has 2 heterocycles. The molecule has 2 aromatic carbocycles. The van der Waals surface area contributed by atoms with Crippen molar-refractivity contribution in [2.75, 3.05) is 26.1 Å². The fourth-order valence-electron chi connectivity index (χ4n) is 3.51. The number of benzene rings is 2. The number of anilines is 1. The summed E-state index contributed by atoms with van der Waals surface area (Å²) < 4.78 is 13.9. The number of rotatable bonds is 4. The first-order valence-corrected chi connectivity index (χ1v) is 9.84. The third-order valence-corrected chi connectivity index (χ3v) is 5.33. The first-order valence-electron chi connectivity index (χ1n) is 9.05. The van der Waals surface area contributed by atoms with Gasteiger partial charge in [-0.05, 0) is 55.7 Å². The third-order valence-electron chi connectivity index (χ3n) is 4.84. The molecule has 0 aliphatic carbocycles. The minimum atomic E-state index is 0.710. The van der Waals surface area contributed by atoms with Gasteiger partial charge in [-0.3, -0.25) is 0 Å². The Balaban J connectivity index is 1.89. The number of methoxy groups -OCH3 is 2. The van der Waals surface area contributed by atoms with E-state index in [1.165, 1.54) is 5.56 Å². The van der Waals surface area contributed by atoms with Crippen molar-refractivity contribution in [1.82, 2.24) is 9.78 Å². The predicted molar refractivity (Wildman–Crippen MR) is 111 cm³/mol. The zero-order chi connectivity index (χ0) is 18.8. The zero-order valence-electron chi connectivity index (χ0n) is 15.5. The summed E-state index contributed by atoms with van der Waals surface area (Å²) in [5, 5.41) is 8.57. The minimum absolute atomic E-state index is 0.710. The van der Waals surface area contributed by atoms with Gasteiger partial charge in [0.15, 0.2) is 11.5 Å². The van der Waals surface area contributed by atoms with Gasteiger partial charge in [0.2, 0.25) is 0 Å². The fraction of sp³-hybridized carbons (Fsp3) is 0.286. The number of fused-ring (bicyclic) bond motifs is 1. The van der Waals surface area contributed by atoms with E-state index in [1.54, 1.807) is 14.2 Å². The van der Waals surface area contributed by atoms with Crippen LogP contribution in [0.25, 0.3) is 16.9 Å². The van der Waals surface area contributed by atoms with Crippen LogP contribution in [0, 0.1) is 0 Å².